The SMILES string of the molecule is CCc1cc(Nc2ncc(Br)c(Nc3cc(F)c4nc(C)ccc4c3P(C)(C)=O)n2)c(OC)cc1N1CCC(N2CCN(CCc3ccc4c(c3)oc(=O)n4C3CCC(=O)NC3=O)CC2)CC1. The van der Waals surface area contributed by atoms with Crippen molar-refractivity contribution < 1.29 is 27.7 Å². The van der Waals surface area contributed by atoms with E-state index in [0.717, 1.165) is 82.7 Å². The smallest absolute Gasteiger partial charge is 0.420 e. The first-order chi connectivity index (χ1) is 32.2. The molecule has 3 aliphatic rings. The Morgan fingerprint density at radius 1 is 0.955 bits per heavy atom. The Balaban J connectivity index is 0.809. The lowest BCUT2D eigenvalue weighted by Crippen LogP contribution is -2.53. The van der Waals surface area contributed by atoms with Crippen molar-refractivity contribution in [1.82, 2.24) is 34.6 Å². The van der Waals surface area contributed by atoms with Gasteiger partial charge in [0.25, 0.3) is 0 Å². The van der Waals surface area contributed by atoms with E-state index in [1.807, 2.05) is 18.2 Å². The lowest BCUT2D eigenvalue weighted by molar-refractivity contribution is -0.135. The first-order valence-corrected chi connectivity index (χ1v) is 26.2. The quantitative estimate of drug-likeness (QED) is 0.0778. The van der Waals surface area contributed by atoms with Gasteiger partial charge in [0.05, 0.1) is 28.5 Å². The van der Waals surface area contributed by atoms with E-state index in [2.05, 4.69) is 75.6 Å². The number of piperidine rings is 2. The minimum absolute atomic E-state index is 0.179. The van der Waals surface area contributed by atoms with E-state index in [9.17, 15) is 18.9 Å². The summed E-state index contributed by atoms with van der Waals surface area (Å²) in [5, 5.41) is 9.90. The zero-order valence-corrected chi connectivity index (χ0v) is 40.8. The molecule has 3 aromatic heterocycles. The number of ether oxygens (including phenoxy) is 1. The minimum Gasteiger partial charge on any atom is -0.494 e. The van der Waals surface area contributed by atoms with Gasteiger partial charge in [-0.15, -0.1) is 0 Å². The van der Waals surface area contributed by atoms with Gasteiger partial charge in [-0.1, -0.05) is 19.1 Å². The molecule has 0 spiro atoms. The van der Waals surface area contributed by atoms with Gasteiger partial charge in [-0.3, -0.25) is 29.4 Å². The molecule has 352 valence electrons. The number of nitrogens with one attached hydrogen (secondary N) is 3. The van der Waals surface area contributed by atoms with Crippen LogP contribution in [-0.4, -0.2) is 113 Å². The molecule has 3 fully saturated rings. The van der Waals surface area contributed by atoms with Gasteiger partial charge in [0.15, 0.2) is 11.4 Å². The molecule has 67 heavy (non-hydrogen) atoms. The van der Waals surface area contributed by atoms with E-state index >= 15 is 4.39 Å². The summed E-state index contributed by atoms with van der Waals surface area (Å²) in [5.74, 6) is -0.595. The van der Waals surface area contributed by atoms with Crippen molar-refractivity contribution in [3.8, 4) is 5.75 Å². The number of hydrogen-bond acceptors (Lipinski definition) is 14. The molecule has 3 aromatic carbocycles. The Hall–Kier alpha value is -5.68. The molecule has 0 bridgehead atoms. The van der Waals surface area contributed by atoms with Gasteiger partial charge in [-0.2, -0.15) is 4.98 Å². The molecule has 3 saturated heterocycles. The van der Waals surface area contributed by atoms with Gasteiger partial charge in [-0.25, -0.2) is 14.2 Å². The molecule has 0 radical (unpaired) electrons. The van der Waals surface area contributed by atoms with Crippen LogP contribution in [0.25, 0.3) is 22.0 Å². The van der Waals surface area contributed by atoms with Crippen LogP contribution in [-0.2, 0) is 27.0 Å². The van der Waals surface area contributed by atoms with Crippen LogP contribution in [0.2, 0.25) is 0 Å². The third-order valence-corrected chi connectivity index (χ3v) is 15.4. The molecule has 3 N–H and O–H groups in total. The minimum atomic E-state index is -2.92. The molecule has 9 rings (SSSR count). The number of halogens is 2. The van der Waals surface area contributed by atoms with Crippen molar-refractivity contribution in [1.29, 1.82) is 0 Å². The van der Waals surface area contributed by atoms with Gasteiger partial charge in [0, 0.05) is 98.7 Å². The molecule has 0 aliphatic carbocycles. The van der Waals surface area contributed by atoms with Gasteiger partial charge in [0.1, 0.15) is 30.3 Å². The first kappa shape index (κ1) is 46.4. The van der Waals surface area contributed by atoms with Crippen LogP contribution < -0.4 is 36.6 Å². The molecule has 6 aromatic rings. The molecule has 2 amide bonds. The second kappa shape index (κ2) is 19.1. The zero-order valence-electron chi connectivity index (χ0n) is 38.3. The molecule has 19 heteroatoms. The van der Waals surface area contributed by atoms with Crippen LogP contribution in [0, 0.1) is 12.7 Å². The number of nitrogens with zero attached hydrogens (tertiary/aromatic N) is 7. The number of pyridine rings is 1. The maximum absolute atomic E-state index is 15.5. The lowest BCUT2D eigenvalue weighted by atomic mass is 9.99. The summed E-state index contributed by atoms with van der Waals surface area (Å²) < 4.78 is 42.5. The molecule has 6 heterocycles. The first-order valence-electron chi connectivity index (χ1n) is 22.8. The number of imide groups is 1. The van der Waals surface area contributed by atoms with Crippen LogP contribution >= 0.6 is 23.1 Å². The number of carbonyl (C=O) groups excluding carboxylic acids is 2. The van der Waals surface area contributed by atoms with Crippen LogP contribution in [0.3, 0.4) is 0 Å². The molecular formula is C48H55BrFN10O6P. The summed E-state index contributed by atoms with van der Waals surface area (Å²) >= 11 is 3.55. The fourth-order valence-electron chi connectivity index (χ4n) is 9.81. The molecule has 0 saturated carbocycles. The fraction of sp³-hybridized carbons (Fsp3) is 0.417. The fourth-order valence-corrected chi connectivity index (χ4v) is 11.6. The van der Waals surface area contributed by atoms with Crippen molar-refractivity contribution in [2.24, 2.45) is 0 Å². The van der Waals surface area contributed by atoms with Crippen molar-refractivity contribution in [2.75, 3.05) is 81.8 Å². The number of oxazole rings is 1. The number of amides is 2. The molecular weight excluding hydrogens is 942 g/mol. The molecule has 1 atom stereocenters. The Kier molecular flexibility index (Phi) is 13.3. The summed E-state index contributed by atoms with van der Waals surface area (Å²) in [5.41, 5.74) is 6.30. The highest BCUT2D eigenvalue weighted by molar-refractivity contribution is 9.10. The summed E-state index contributed by atoms with van der Waals surface area (Å²) in [7, 11) is -1.27. The number of aryl methyl sites for hydroxylation is 2. The van der Waals surface area contributed by atoms with Crippen molar-refractivity contribution >= 4 is 91.0 Å². The topological polar surface area (TPSA) is 180 Å². The third-order valence-electron chi connectivity index (χ3n) is 13.3. The molecule has 1 unspecified atom stereocenters. The van der Waals surface area contributed by atoms with E-state index in [1.54, 1.807) is 45.7 Å². The highest BCUT2D eigenvalue weighted by atomic mass is 79.9. The van der Waals surface area contributed by atoms with E-state index in [1.165, 1.54) is 16.2 Å². The largest absolute Gasteiger partial charge is 0.494 e. The van der Waals surface area contributed by atoms with Crippen LogP contribution in [0.5, 0.6) is 5.75 Å². The number of carbonyl (C=O) groups is 2. The van der Waals surface area contributed by atoms with Gasteiger partial charge in [-0.05, 0) is 104 Å². The average Bonchev–Trinajstić information content (AvgIpc) is 3.63. The Morgan fingerprint density at radius 3 is 2.45 bits per heavy atom. The number of fused-ring (bicyclic) bond motifs is 2. The number of hydrogen-bond donors (Lipinski definition) is 3. The van der Waals surface area contributed by atoms with Crippen LogP contribution in [0.1, 0.15) is 55.5 Å². The highest BCUT2D eigenvalue weighted by Crippen LogP contribution is 2.43. The van der Waals surface area contributed by atoms with Crippen molar-refractivity contribution in [2.45, 2.75) is 64.5 Å². The predicted octanol–water partition coefficient (Wildman–Crippen LogP) is 7.26. The van der Waals surface area contributed by atoms with E-state index in [4.69, 9.17) is 14.1 Å². The Morgan fingerprint density at radius 2 is 1.73 bits per heavy atom. The van der Waals surface area contributed by atoms with E-state index in [-0.39, 0.29) is 24.3 Å². The summed E-state index contributed by atoms with van der Waals surface area (Å²) in [6, 6.07) is 14.5. The number of methoxy groups -OCH3 is 1. The number of rotatable bonds is 13. The van der Waals surface area contributed by atoms with E-state index < -0.39 is 30.7 Å². The Bertz CT molecular complexity index is 3000. The van der Waals surface area contributed by atoms with Crippen molar-refractivity contribution in [3.63, 3.8) is 0 Å². The molecule has 16 nitrogen and oxygen atoms in total. The van der Waals surface area contributed by atoms with Gasteiger partial charge >= 0.3 is 5.76 Å². The number of benzene rings is 3. The number of aromatic nitrogens is 4. The van der Waals surface area contributed by atoms with Gasteiger partial charge < -0.3 is 34.2 Å². The molecule has 3 aliphatic heterocycles. The second-order valence-electron chi connectivity index (χ2n) is 18.0. The standard InChI is InChI=1S/C48H55BrFN10O6P/c1-6-30-24-35(54-47-51-27-33(49)45(56-47)53-36-25-34(50)43-32(9-7-28(2)52-43)44(36)67(4,5)64)40(65-3)26-39(30)59-17-14-31(15-18-59)58-21-19-57(20-22-58)16-13-29-8-10-37-41(23-29)66-48(63)60(37)38-11-12-42(61)55-46(38)62/h7-10,23-27,31,38H,6,11-22H2,1-5H3,(H,55,61,62)(H2,51,53,54,56). The summed E-state index contributed by atoms with van der Waals surface area (Å²) in [6.45, 7) is 14.0. The van der Waals surface area contributed by atoms with Gasteiger partial charge in [0.2, 0.25) is 17.8 Å². The van der Waals surface area contributed by atoms with E-state index in [0.29, 0.717) is 66.9 Å². The zero-order chi connectivity index (χ0) is 47.1. The van der Waals surface area contributed by atoms with Crippen LogP contribution in [0.15, 0.2) is 68.4 Å². The number of anilines is 5. The normalized spacial score (nSPS) is 17.9. The maximum atomic E-state index is 15.5. The Labute approximate surface area is 396 Å². The highest BCUT2D eigenvalue weighted by Gasteiger charge is 2.32. The predicted molar refractivity (Wildman–Crippen MR) is 263 cm³/mol. The second-order valence-corrected chi connectivity index (χ2v) is 22.0. The third kappa shape index (κ3) is 9.72. The van der Waals surface area contributed by atoms with Crippen molar-refractivity contribution in [3.05, 3.63) is 92.4 Å². The maximum Gasteiger partial charge on any atom is 0.420 e. The lowest BCUT2D eigenvalue weighted by Gasteiger charge is -2.43. The van der Waals surface area contributed by atoms with Crippen LogP contribution in [0.4, 0.5) is 33.2 Å². The summed E-state index contributed by atoms with van der Waals surface area (Å²) in [4.78, 5) is 58.2. The summed E-state index contributed by atoms with van der Waals surface area (Å²) in [6.07, 6.45) is 5.80. The monoisotopic (exact) mass is 996 g/mol. The average molecular weight is 998 g/mol. The number of piperazine rings is 1.